The van der Waals surface area contributed by atoms with Crippen LogP contribution in [0.25, 0.3) is 0 Å². The van der Waals surface area contributed by atoms with E-state index in [1.54, 1.807) is 18.2 Å². The van der Waals surface area contributed by atoms with Gasteiger partial charge in [-0.2, -0.15) is 0 Å². The van der Waals surface area contributed by atoms with Crippen LogP contribution >= 0.6 is 0 Å². The van der Waals surface area contributed by atoms with Crippen molar-refractivity contribution in [1.29, 1.82) is 0 Å². The number of allylic oxidation sites excluding steroid dienone is 9. The Hall–Kier alpha value is -1.56. The molecular weight excluding hydrogens is 180 g/mol. The molecular formula is C15H24. The maximum absolute atomic E-state index is 3.46. The number of rotatable bonds is 3. The standard InChI is InChI=1S/3C5H8/c3*1-3-5-4-2/h3*3-5H,1H2,2H3. The minimum absolute atomic E-state index is 1.75. The Balaban J connectivity index is -0.000000144. The molecule has 0 heteroatoms. The van der Waals surface area contributed by atoms with Gasteiger partial charge in [0, 0.05) is 0 Å². The highest BCUT2D eigenvalue weighted by Gasteiger charge is 1.42. The predicted molar refractivity (Wildman–Crippen MR) is 75.0 cm³/mol. The molecule has 0 heterocycles. The van der Waals surface area contributed by atoms with Gasteiger partial charge in [-0.3, -0.25) is 0 Å². The first kappa shape index (κ1) is 19.1. The summed E-state index contributed by atoms with van der Waals surface area (Å²) in [5.74, 6) is 0. The van der Waals surface area contributed by atoms with E-state index >= 15 is 0 Å². The fourth-order valence-electron chi connectivity index (χ4n) is 0.408. The summed E-state index contributed by atoms with van der Waals surface area (Å²) in [6.45, 7) is 16.3. The van der Waals surface area contributed by atoms with Gasteiger partial charge in [0.2, 0.25) is 0 Å². The van der Waals surface area contributed by atoms with Crippen LogP contribution in [-0.4, -0.2) is 0 Å². The molecule has 0 aromatic carbocycles. The smallest absolute Gasteiger partial charge is 0.0467 e. The lowest BCUT2D eigenvalue weighted by atomic mass is 10.5. The normalized spacial score (nSPS) is 9.00. The fraction of sp³-hybridized carbons (Fsp3) is 0.200. The lowest BCUT2D eigenvalue weighted by molar-refractivity contribution is 1.74. The van der Waals surface area contributed by atoms with Crippen LogP contribution in [0.3, 0.4) is 0 Å². The molecule has 0 amide bonds. The lowest BCUT2D eigenvalue weighted by Gasteiger charge is -1.56. The molecule has 0 unspecified atom stereocenters. The van der Waals surface area contributed by atoms with E-state index in [0.717, 1.165) is 0 Å². The molecule has 0 nitrogen and oxygen atoms in total. The average Bonchev–Trinajstić information content (AvgIpc) is 2.23. The summed E-state index contributed by atoms with van der Waals surface area (Å²) in [6, 6.07) is 0. The van der Waals surface area contributed by atoms with Crippen molar-refractivity contribution in [1.82, 2.24) is 0 Å². The van der Waals surface area contributed by atoms with Crippen molar-refractivity contribution in [3.63, 3.8) is 0 Å². The topological polar surface area (TPSA) is 0 Å². The van der Waals surface area contributed by atoms with Crippen LogP contribution in [0.4, 0.5) is 0 Å². The lowest BCUT2D eigenvalue weighted by Crippen LogP contribution is -1.33. The largest absolute Gasteiger partial charge is 0.0991 e. The van der Waals surface area contributed by atoms with Gasteiger partial charge in [0.15, 0.2) is 0 Å². The Kier molecular flexibility index (Phi) is 37.4. The first-order valence-corrected chi connectivity index (χ1v) is 4.96. The van der Waals surface area contributed by atoms with E-state index in [0.29, 0.717) is 0 Å². The van der Waals surface area contributed by atoms with Gasteiger partial charge >= 0.3 is 0 Å². The van der Waals surface area contributed by atoms with Gasteiger partial charge in [0.25, 0.3) is 0 Å². The van der Waals surface area contributed by atoms with Crippen molar-refractivity contribution in [3.8, 4) is 0 Å². The Morgan fingerprint density at radius 2 is 0.733 bits per heavy atom. The molecule has 0 saturated carbocycles. The maximum atomic E-state index is 3.46. The summed E-state index contributed by atoms with van der Waals surface area (Å²) in [5, 5.41) is 0. The number of hydrogen-bond donors (Lipinski definition) is 0. The molecule has 0 aliphatic rings. The molecule has 0 saturated heterocycles. The van der Waals surface area contributed by atoms with Gasteiger partial charge in [0.05, 0.1) is 0 Å². The van der Waals surface area contributed by atoms with E-state index in [1.807, 2.05) is 57.2 Å². The van der Waals surface area contributed by atoms with Crippen LogP contribution in [0.15, 0.2) is 74.4 Å². The van der Waals surface area contributed by atoms with Crippen LogP contribution in [0, 0.1) is 0 Å². The second kappa shape index (κ2) is 29.4. The molecule has 15 heavy (non-hydrogen) atoms. The molecule has 0 fully saturated rings. The van der Waals surface area contributed by atoms with Crippen molar-refractivity contribution in [2.75, 3.05) is 0 Å². The summed E-state index contributed by atoms with van der Waals surface area (Å²) in [6.07, 6.45) is 16.7. The summed E-state index contributed by atoms with van der Waals surface area (Å²) in [7, 11) is 0. The van der Waals surface area contributed by atoms with Crippen molar-refractivity contribution in [2.24, 2.45) is 0 Å². The highest BCUT2D eigenvalue weighted by atomic mass is 13.5. The Bertz CT molecular complexity index is 164. The Morgan fingerprint density at radius 1 is 0.533 bits per heavy atom. The van der Waals surface area contributed by atoms with Crippen LogP contribution in [-0.2, 0) is 0 Å². The molecule has 0 atom stereocenters. The van der Waals surface area contributed by atoms with Gasteiger partial charge < -0.3 is 0 Å². The Morgan fingerprint density at radius 3 is 0.733 bits per heavy atom. The van der Waals surface area contributed by atoms with Gasteiger partial charge in [-0.25, -0.2) is 0 Å². The van der Waals surface area contributed by atoms with Gasteiger partial charge in [-0.1, -0.05) is 74.4 Å². The van der Waals surface area contributed by atoms with Crippen LogP contribution in [0.5, 0.6) is 0 Å². The summed E-state index contributed by atoms with van der Waals surface area (Å²) in [5.41, 5.74) is 0. The molecule has 0 spiro atoms. The highest BCUT2D eigenvalue weighted by Crippen LogP contribution is 1.65. The molecule has 0 rings (SSSR count). The fourth-order valence-corrected chi connectivity index (χ4v) is 0.408. The van der Waals surface area contributed by atoms with Gasteiger partial charge in [-0.05, 0) is 20.8 Å². The monoisotopic (exact) mass is 204 g/mol. The molecule has 0 aliphatic carbocycles. The molecule has 84 valence electrons. The molecule has 0 aliphatic heterocycles. The van der Waals surface area contributed by atoms with E-state index < -0.39 is 0 Å². The zero-order valence-corrected chi connectivity index (χ0v) is 10.3. The average molecular weight is 204 g/mol. The van der Waals surface area contributed by atoms with E-state index in [4.69, 9.17) is 0 Å². The highest BCUT2D eigenvalue weighted by molar-refractivity contribution is 4.95. The third-order valence-corrected chi connectivity index (χ3v) is 0.986. The van der Waals surface area contributed by atoms with Gasteiger partial charge in [-0.15, -0.1) is 0 Å². The molecule has 0 radical (unpaired) electrons. The first-order valence-electron chi connectivity index (χ1n) is 4.96. The SMILES string of the molecule is C=CC=CC.C=CC=CC.C=CC=CC. The van der Waals surface area contributed by atoms with E-state index in [-0.39, 0.29) is 0 Å². The predicted octanol–water partition coefficient (Wildman–Crippen LogP) is 5.25. The van der Waals surface area contributed by atoms with Crippen LogP contribution in [0.1, 0.15) is 20.8 Å². The van der Waals surface area contributed by atoms with Crippen molar-refractivity contribution in [2.45, 2.75) is 20.8 Å². The van der Waals surface area contributed by atoms with E-state index in [1.165, 1.54) is 0 Å². The third-order valence-electron chi connectivity index (χ3n) is 0.986. The minimum Gasteiger partial charge on any atom is -0.0991 e. The second-order valence-electron chi connectivity index (χ2n) is 2.28. The molecule has 0 aromatic heterocycles. The van der Waals surface area contributed by atoms with Crippen molar-refractivity contribution in [3.05, 3.63) is 74.4 Å². The van der Waals surface area contributed by atoms with Crippen LogP contribution in [0.2, 0.25) is 0 Å². The summed E-state index contributed by atoms with van der Waals surface area (Å²) < 4.78 is 0. The first-order chi connectivity index (χ1) is 7.24. The zero-order valence-electron chi connectivity index (χ0n) is 10.3. The van der Waals surface area contributed by atoms with E-state index in [9.17, 15) is 0 Å². The minimum atomic E-state index is 1.75. The maximum Gasteiger partial charge on any atom is -0.0467 e. The van der Waals surface area contributed by atoms with Crippen molar-refractivity contribution < 1.29 is 0 Å². The molecule has 0 aromatic rings. The van der Waals surface area contributed by atoms with Gasteiger partial charge in [0.1, 0.15) is 0 Å². The Labute approximate surface area is 95.7 Å². The third kappa shape index (κ3) is 68.8. The van der Waals surface area contributed by atoms with E-state index in [2.05, 4.69) is 19.7 Å². The second-order valence-corrected chi connectivity index (χ2v) is 2.28. The van der Waals surface area contributed by atoms with Crippen LogP contribution < -0.4 is 0 Å². The summed E-state index contributed by atoms with van der Waals surface area (Å²) >= 11 is 0. The quantitative estimate of drug-likeness (QED) is 0.551. The molecule has 0 N–H and O–H groups in total. The molecule has 0 bridgehead atoms. The summed E-state index contributed by atoms with van der Waals surface area (Å²) in [4.78, 5) is 0. The number of hydrogen-bond acceptors (Lipinski definition) is 0. The van der Waals surface area contributed by atoms with Crippen molar-refractivity contribution >= 4 is 0 Å². The zero-order chi connectivity index (χ0) is 12.4.